The van der Waals surface area contributed by atoms with Crippen molar-refractivity contribution in [3.8, 4) is 16.9 Å². The van der Waals surface area contributed by atoms with Gasteiger partial charge in [-0.3, -0.25) is 0 Å². The minimum Gasteiger partial charge on any atom is -0.489 e. The van der Waals surface area contributed by atoms with Gasteiger partial charge in [0.1, 0.15) is 11.9 Å². The topological polar surface area (TPSA) is 21.3 Å². The molecule has 1 aliphatic rings. The Labute approximate surface area is 170 Å². The molecule has 0 fully saturated rings. The van der Waals surface area contributed by atoms with E-state index in [1.165, 1.54) is 11.1 Å². The van der Waals surface area contributed by atoms with Crippen LogP contribution in [0.2, 0.25) is 10.0 Å². The average molecular weight is 398 g/mol. The minimum atomic E-state index is 0.162. The van der Waals surface area contributed by atoms with Crippen LogP contribution in [0.5, 0.6) is 5.75 Å². The Morgan fingerprint density at radius 1 is 1.00 bits per heavy atom. The van der Waals surface area contributed by atoms with E-state index in [4.69, 9.17) is 27.9 Å². The van der Waals surface area contributed by atoms with Gasteiger partial charge in [-0.15, -0.1) is 0 Å². The van der Waals surface area contributed by atoms with Gasteiger partial charge < -0.3 is 10.1 Å². The minimum absolute atomic E-state index is 0.162. The number of ether oxygens (including phenoxy) is 1. The molecule has 27 heavy (non-hydrogen) atoms. The smallest absolute Gasteiger partial charge is 0.130 e. The van der Waals surface area contributed by atoms with Crippen molar-refractivity contribution in [2.75, 3.05) is 11.9 Å². The molecule has 1 N–H and O–H groups in total. The first kappa shape index (κ1) is 18.2. The molecule has 4 rings (SSSR count). The monoisotopic (exact) mass is 397 g/mol. The summed E-state index contributed by atoms with van der Waals surface area (Å²) in [4.78, 5) is 0. The van der Waals surface area contributed by atoms with Crippen molar-refractivity contribution < 1.29 is 4.74 Å². The van der Waals surface area contributed by atoms with Crippen molar-refractivity contribution >= 4 is 28.9 Å². The Bertz CT molecular complexity index is 956. The number of nitrogens with one attached hydrogen (secondary N) is 1. The number of hydrogen-bond acceptors (Lipinski definition) is 2. The fourth-order valence-electron chi connectivity index (χ4n) is 3.60. The summed E-state index contributed by atoms with van der Waals surface area (Å²) in [5.41, 5.74) is 5.52. The lowest BCUT2D eigenvalue weighted by Crippen LogP contribution is -2.18. The van der Waals surface area contributed by atoms with Crippen LogP contribution in [-0.4, -0.2) is 12.6 Å². The van der Waals surface area contributed by atoms with Crippen molar-refractivity contribution in [1.82, 2.24) is 0 Å². The zero-order valence-electron chi connectivity index (χ0n) is 15.1. The third kappa shape index (κ3) is 3.92. The maximum atomic E-state index is 6.47. The molecule has 1 atom stereocenters. The zero-order chi connectivity index (χ0) is 18.8. The van der Waals surface area contributed by atoms with E-state index in [0.717, 1.165) is 42.0 Å². The van der Waals surface area contributed by atoms with Crippen molar-refractivity contribution in [1.29, 1.82) is 0 Å². The van der Waals surface area contributed by atoms with Crippen molar-refractivity contribution in [3.05, 3.63) is 81.8 Å². The number of anilines is 1. The van der Waals surface area contributed by atoms with Crippen molar-refractivity contribution in [2.45, 2.75) is 25.9 Å². The largest absolute Gasteiger partial charge is 0.489 e. The van der Waals surface area contributed by atoms with Gasteiger partial charge >= 0.3 is 0 Å². The van der Waals surface area contributed by atoms with Crippen LogP contribution in [-0.2, 0) is 6.42 Å². The van der Waals surface area contributed by atoms with Gasteiger partial charge in [-0.25, -0.2) is 0 Å². The third-order valence-electron chi connectivity index (χ3n) is 4.85. The average Bonchev–Trinajstić information content (AvgIpc) is 3.07. The van der Waals surface area contributed by atoms with Gasteiger partial charge in [0.25, 0.3) is 0 Å². The predicted molar refractivity (Wildman–Crippen MR) is 114 cm³/mol. The number of halogens is 2. The fourth-order valence-corrected chi connectivity index (χ4v) is 4.00. The lowest BCUT2D eigenvalue weighted by Gasteiger charge is -2.15. The molecule has 2 nitrogen and oxygen atoms in total. The summed E-state index contributed by atoms with van der Waals surface area (Å²) in [7, 11) is 0. The van der Waals surface area contributed by atoms with Gasteiger partial charge in [-0.05, 0) is 42.3 Å². The molecule has 138 valence electrons. The second-order valence-corrected chi connectivity index (χ2v) is 7.71. The van der Waals surface area contributed by atoms with Crippen LogP contribution in [0.4, 0.5) is 5.69 Å². The molecule has 1 aliphatic heterocycles. The highest BCUT2D eigenvalue weighted by Crippen LogP contribution is 2.44. The number of benzene rings is 3. The molecule has 0 saturated heterocycles. The van der Waals surface area contributed by atoms with Gasteiger partial charge in [0.2, 0.25) is 0 Å². The lowest BCUT2D eigenvalue weighted by atomic mass is 9.97. The van der Waals surface area contributed by atoms with Crippen LogP contribution >= 0.6 is 23.2 Å². The van der Waals surface area contributed by atoms with E-state index in [-0.39, 0.29) is 6.10 Å². The van der Waals surface area contributed by atoms with Crippen molar-refractivity contribution in [2.24, 2.45) is 0 Å². The molecule has 3 aromatic carbocycles. The first-order chi connectivity index (χ1) is 13.1. The summed E-state index contributed by atoms with van der Waals surface area (Å²) >= 11 is 12.7. The number of fused-ring (bicyclic) bond motifs is 1. The maximum Gasteiger partial charge on any atom is 0.130 e. The summed E-state index contributed by atoms with van der Waals surface area (Å²) in [6.45, 7) is 2.97. The van der Waals surface area contributed by atoms with Crippen molar-refractivity contribution in [3.63, 3.8) is 0 Å². The highest BCUT2D eigenvalue weighted by Gasteiger charge is 2.27. The Balaban J connectivity index is 1.52. The summed E-state index contributed by atoms with van der Waals surface area (Å²) < 4.78 is 6.34. The summed E-state index contributed by atoms with van der Waals surface area (Å²) in [5, 5.41) is 4.59. The maximum absolute atomic E-state index is 6.47. The molecule has 4 heteroatoms. The Morgan fingerprint density at radius 3 is 2.63 bits per heavy atom. The van der Waals surface area contributed by atoms with E-state index in [1.54, 1.807) is 0 Å². The molecule has 0 bridgehead atoms. The van der Waals surface area contributed by atoms with Gasteiger partial charge in [0, 0.05) is 36.2 Å². The number of para-hydroxylation sites is 1. The van der Waals surface area contributed by atoms with Crippen LogP contribution in [0.1, 0.15) is 17.5 Å². The van der Waals surface area contributed by atoms with Crippen LogP contribution in [0, 0.1) is 6.92 Å². The quantitative estimate of drug-likeness (QED) is 0.512. The van der Waals surface area contributed by atoms with E-state index in [2.05, 4.69) is 36.5 Å². The van der Waals surface area contributed by atoms with E-state index in [1.807, 2.05) is 36.4 Å². The third-order valence-corrected chi connectivity index (χ3v) is 5.67. The second kappa shape index (κ2) is 7.84. The predicted octanol–water partition coefficient (Wildman–Crippen LogP) is 6.77. The molecular formula is C23H21Cl2NO. The Morgan fingerprint density at radius 2 is 1.81 bits per heavy atom. The molecule has 0 spiro atoms. The summed E-state index contributed by atoms with van der Waals surface area (Å²) in [6, 6.07) is 20.3. The summed E-state index contributed by atoms with van der Waals surface area (Å²) in [6.07, 6.45) is 2.01. The van der Waals surface area contributed by atoms with Crippen LogP contribution < -0.4 is 10.1 Å². The van der Waals surface area contributed by atoms with Crippen LogP contribution in [0.3, 0.4) is 0 Å². The standard InChI is InChI=1S/C23H21Cl2NO/c1-15-12-16-14-18(10-11-26-17-6-3-2-4-7-17)27-23(16)20(13-15)19-8-5-9-21(24)22(19)25/h2-9,12-13,18,26H,10-11,14H2,1H3. The number of hydrogen-bond donors (Lipinski definition) is 1. The molecule has 1 heterocycles. The van der Waals surface area contributed by atoms with Gasteiger partial charge in [0.05, 0.1) is 10.0 Å². The highest BCUT2D eigenvalue weighted by molar-refractivity contribution is 6.43. The molecule has 1 unspecified atom stereocenters. The van der Waals surface area contributed by atoms with Crippen LogP contribution in [0.25, 0.3) is 11.1 Å². The van der Waals surface area contributed by atoms with E-state index in [0.29, 0.717) is 10.0 Å². The van der Waals surface area contributed by atoms with Gasteiger partial charge in [-0.1, -0.05) is 59.6 Å². The molecule has 0 saturated carbocycles. The van der Waals surface area contributed by atoms with Crippen LogP contribution in [0.15, 0.2) is 60.7 Å². The fraction of sp³-hybridized carbons (Fsp3) is 0.217. The molecular weight excluding hydrogens is 377 g/mol. The second-order valence-electron chi connectivity index (χ2n) is 6.93. The summed E-state index contributed by atoms with van der Waals surface area (Å²) in [5.74, 6) is 0.939. The Kier molecular flexibility index (Phi) is 5.29. The molecule has 0 amide bonds. The zero-order valence-corrected chi connectivity index (χ0v) is 16.6. The first-order valence-electron chi connectivity index (χ1n) is 9.15. The van der Waals surface area contributed by atoms with E-state index in [9.17, 15) is 0 Å². The molecule has 0 radical (unpaired) electrons. The van der Waals surface area contributed by atoms with E-state index < -0.39 is 0 Å². The van der Waals surface area contributed by atoms with Gasteiger partial charge in [-0.2, -0.15) is 0 Å². The van der Waals surface area contributed by atoms with E-state index >= 15 is 0 Å². The lowest BCUT2D eigenvalue weighted by molar-refractivity contribution is 0.227. The molecule has 3 aromatic rings. The number of rotatable bonds is 5. The SMILES string of the molecule is Cc1cc2c(c(-c3cccc(Cl)c3Cl)c1)OC(CCNc1ccccc1)C2. The molecule has 0 aromatic heterocycles. The first-order valence-corrected chi connectivity index (χ1v) is 9.91. The Hall–Kier alpha value is -2.16. The normalized spacial score (nSPS) is 15.3. The van der Waals surface area contributed by atoms with Gasteiger partial charge in [0.15, 0.2) is 0 Å². The highest BCUT2D eigenvalue weighted by atomic mass is 35.5. The molecule has 0 aliphatic carbocycles. The number of aryl methyl sites for hydroxylation is 1.